The van der Waals surface area contributed by atoms with E-state index >= 15 is 0 Å². The summed E-state index contributed by atoms with van der Waals surface area (Å²) < 4.78 is 5.98. The van der Waals surface area contributed by atoms with Gasteiger partial charge in [0, 0.05) is 5.56 Å². The Kier molecular flexibility index (Phi) is 7.35. The van der Waals surface area contributed by atoms with Gasteiger partial charge in [-0.1, -0.05) is 36.8 Å². The van der Waals surface area contributed by atoms with E-state index in [0.717, 1.165) is 29.0 Å². The van der Waals surface area contributed by atoms with Crippen molar-refractivity contribution in [3.05, 3.63) is 59.2 Å². The molecule has 0 aliphatic heterocycles. The van der Waals surface area contributed by atoms with Crippen LogP contribution in [0.4, 0.5) is 0 Å². The smallest absolute Gasteiger partial charge is 0.137 e. The van der Waals surface area contributed by atoms with Crippen molar-refractivity contribution in [3.63, 3.8) is 0 Å². The molecule has 2 aromatic carbocycles. The minimum absolute atomic E-state index is 0.294. The minimum Gasteiger partial charge on any atom is -0.507 e. The number of aliphatic hydroxyl groups excluding tert-OH is 1. The van der Waals surface area contributed by atoms with Gasteiger partial charge in [-0.25, -0.2) is 0 Å². The molecule has 2 atom stereocenters. The summed E-state index contributed by atoms with van der Waals surface area (Å²) >= 11 is 0. The van der Waals surface area contributed by atoms with E-state index in [1.54, 1.807) is 6.07 Å². The maximum Gasteiger partial charge on any atom is 0.137 e. The van der Waals surface area contributed by atoms with Gasteiger partial charge in [-0.15, -0.1) is 0 Å². The molecule has 4 nitrogen and oxygen atoms in total. The highest BCUT2D eigenvalue weighted by Gasteiger charge is 2.28. The third kappa shape index (κ3) is 5.49. The second-order valence-electron chi connectivity index (χ2n) is 8.19. The average Bonchev–Trinajstić information content (AvgIpc) is 2.69. The van der Waals surface area contributed by atoms with Crippen LogP contribution in [0.1, 0.15) is 48.8 Å². The number of ether oxygens (including phenoxy) is 1. The van der Waals surface area contributed by atoms with Gasteiger partial charge in [0.05, 0.1) is 6.04 Å². The van der Waals surface area contributed by atoms with Crippen molar-refractivity contribution in [1.82, 2.24) is 0 Å². The minimum atomic E-state index is -0.540. The Morgan fingerprint density at radius 3 is 2.36 bits per heavy atom. The Morgan fingerprint density at radius 2 is 1.68 bits per heavy atom. The summed E-state index contributed by atoms with van der Waals surface area (Å²) in [5.41, 5.74) is 3.14. The van der Waals surface area contributed by atoms with Crippen molar-refractivity contribution in [3.8, 4) is 11.5 Å². The van der Waals surface area contributed by atoms with E-state index in [0.29, 0.717) is 24.9 Å². The lowest BCUT2D eigenvalue weighted by molar-refractivity contribution is -0.943. The summed E-state index contributed by atoms with van der Waals surface area (Å²) in [6, 6.07) is 14.2. The molecule has 0 heterocycles. The molecule has 1 unspecified atom stereocenters. The second kappa shape index (κ2) is 9.94. The SMILES string of the molecule is Cc1cccc(C)c1OC[C@H](O)C[NH+](Cc1ccccc1O)C1CCCCC1. The summed E-state index contributed by atoms with van der Waals surface area (Å²) in [5.74, 6) is 1.22. The summed E-state index contributed by atoms with van der Waals surface area (Å²) in [6.45, 7) is 5.73. The van der Waals surface area contributed by atoms with E-state index in [1.165, 1.54) is 37.0 Å². The molecular weight excluding hydrogens is 350 g/mol. The maximum atomic E-state index is 10.7. The van der Waals surface area contributed by atoms with E-state index < -0.39 is 6.10 Å². The van der Waals surface area contributed by atoms with Crippen LogP contribution in [0.3, 0.4) is 0 Å². The number of phenolic OH excluding ortho intramolecular Hbond substituents is 1. The highest BCUT2D eigenvalue weighted by molar-refractivity contribution is 5.39. The molecule has 0 radical (unpaired) electrons. The number of nitrogens with one attached hydrogen (secondary N) is 1. The average molecular weight is 385 g/mol. The first-order valence-corrected chi connectivity index (χ1v) is 10.5. The lowest BCUT2D eigenvalue weighted by Gasteiger charge is -2.33. The number of rotatable bonds is 8. The van der Waals surface area contributed by atoms with Crippen molar-refractivity contribution in [2.24, 2.45) is 0 Å². The van der Waals surface area contributed by atoms with Crippen LogP contribution in [-0.2, 0) is 6.54 Å². The van der Waals surface area contributed by atoms with Crippen LogP contribution in [0.5, 0.6) is 11.5 Å². The first kappa shape index (κ1) is 20.7. The Morgan fingerprint density at radius 1 is 1.00 bits per heavy atom. The number of aromatic hydroxyl groups is 1. The predicted molar refractivity (Wildman–Crippen MR) is 112 cm³/mol. The molecule has 1 aliphatic rings. The van der Waals surface area contributed by atoms with E-state index in [-0.39, 0.29) is 0 Å². The zero-order valence-electron chi connectivity index (χ0n) is 17.2. The topological polar surface area (TPSA) is 54.1 Å². The molecule has 0 aromatic heterocycles. The van der Waals surface area contributed by atoms with E-state index in [2.05, 4.69) is 0 Å². The molecule has 1 aliphatic carbocycles. The predicted octanol–water partition coefficient (Wildman–Crippen LogP) is 3.17. The first-order valence-electron chi connectivity index (χ1n) is 10.5. The molecule has 0 spiro atoms. The Labute approximate surface area is 168 Å². The quantitative estimate of drug-likeness (QED) is 0.655. The van der Waals surface area contributed by atoms with Crippen LogP contribution >= 0.6 is 0 Å². The van der Waals surface area contributed by atoms with Crippen LogP contribution < -0.4 is 9.64 Å². The number of para-hydroxylation sites is 2. The largest absolute Gasteiger partial charge is 0.507 e. The van der Waals surface area contributed by atoms with E-state index in [9.17, 15) is 10.2 Å². The number of hydrogen-bond donors (Lipinski definition) is 3. The number of aryl methyl sites for hydroxylation is 2. The van der Waals surface area contributed by atoms with Crippen LogP contribution in [-0.4, -0.2) is 35.5 Å². The Bertz CT molecular complexity index is 735. The molecule has 1 fully saturated rings. The van der Waals surface area contributed by atoms with Gasteiger partial charge in [0.2, 0.25) is 0 Å². The standard InChI is InChI=1S/C24H33NO3/c1-18-9-8-10-19(2)24(18)28-17-22(26)16-25(21-12-4-3-5-13-21)15-20-11-6-7-14-23(20)27/h6-11,14,21-22,26-27H,3-5,12-13,15-17H2,1-2H3/p+1/t22-/m1/s1. The number of quaternary nitrogens is 1. The fraction of sp³-hybridized carbons (Fsp3) is 0.500. The van der Waals surface area contributed by atoms with Gasteiger partial charge in [0.1, 0.15) is 37.3 Å². The Hall–Kier alpha value is -2.04. The van der Waals surface area contributed by atoms with Gasteiger partial charge in [0.15, 0.2) is 0 Å². The molecule has 1 saturated carbocycles. The fourth-order valence-electron chi connectivity index (χ4n) is 4.37. The molecule has 0 bridgehead atoms. The molecule has 0 saturated heterocycles. The lowest BCUT2D eigenvalue weighted by atomic mass is 9.93. The fourth-order valence-corrected chi connectivity index (χ4v) is 4.37. The Balaban J connectivity index is 1.65. The lowest BCUT2D eigenvalue weighted by Crippen LogP contribution is -3.15. The van der Waals surface area contributed by atoms with Gasteiger partial charge in [0.25, 0.3) is 0 Å². The highest BCUT2D eigenvalue weighted by Crippen LogP contribution is 2.22. The summed E-state index contributed by atoms with van der Waals surface area (Å²) in [5, 5.41) is 20.9. The molecule has 152 valence electrons. The molecular formula is C24H34NO3+. The van der Waals surface area contributed by atoms with Crippen LogP contribution in [0, 0.1) is 13.8 Å². The molecule has 3 rings (SSSR count). The molecule has 3 N–H and O–H groups in total. The highest BCUT2D eigenvalue weighted by atomic mass is 16.5. The third-order valence-electron chi connectivity index (χ3n) is 5.92. The van der Waals surface area contributed by atoms with Crippen LogP contribution in [0.25, 0.3) is 0 Å². The summed E-state index contributed by atoms with van der Waals surface area (Å²) in [4.78, 5) is 1.35. The van der Waals surface area contributed by atoms with Crippen LogP contribution in [0.2, 0.25) is 0 Å². The number of benzene rings is 2. The van der Waals surface area contributed by atoms with Crippen molar-refractivity contribution >= 4 is 0 Å². The van der Waals surface area contributed by atoms with Crippen molar-refractivity contribution in [2.45, 2.75) is 64.6 Å². The zero-order chi connectivity index (χ0) is 19.9. The van der Waals surface area contributed by atoms with Gasteiger partial charge in [-0.3, -0.25) is 0 Å². The summed E-state index contributed by atoms with van der Waals surface area (Å²) in [7, 11) is 0. The van der Waals surface area contributed by atoms with E-state index in [4.69, 9.17) is 4.74 Å². The van der Waals surface area contributed by atoms with Gasteiger partial charge in [-0.2, -0.15) is 0 Å². The maximum absolute atomic E-state index is 10.7. The van der Waals surface area contributed by atoms with Gasteiger partial charge in [-0.05, 0) is 62.8 Å². The van der Waals surface area contributed by atoms with Gasteiger partial charge < -0.3 is 19.8 Å². The van der Waals surface area contributed by atoms with E-state index in [1.807, 2.05) is 50.2 Å². The van der Waals surface area contributed by atoms with Crippen molar-refractivity contribution in [1.29, 1.82) is 0 Å². The van der Waals surface area contributed by atoms with Crippen LogP contribution in [0.15, 0.2) is 42.5 Å². The van der Waals surface area contributed by atoms with Gasteiger partial charge >= 0.3 is 0 Å². The third-order valence-corrected chi connectivity index (χ3v) is 5.92. The van der Waals surface area contributed by atoms with Crippen molar-refractivity contribution in [2.75, 3.05) is 13.2 Å². The first-order chi connectivity index (χ1) is 13.5. The monoisotopic (exact) mass is 384 g/mol. The summed E-state index contributed by atoms with van der Waals surface area (Å²) in [6.07, 6.45) is 5.65. The molecule has 0 amide bonds. The molecule has 28 heavy (non-hydrogen) atoms. The molecule has 2 aromatic rings. The van der Waals surface area contributed by atoms with Crippen molar-refractivity contribution < 1.29 is 19.8 Å². The second-order valence-corrected chi connectivity index (χ2v) is 8.19. The number of aliphatic hydroxyl groups is 1. The number of phenols is 1. The molecule has 4 heteroatoms. The number of hydrogen-bond acceptors (Lipinski definition) is 3. The zero-order valence-corrected chi connectivity index (χ0v) is 17.2. The normalized spacial score (nSPS) is 17.2.